The quantitative estimate of drug-likeness (QED) is 0.518. The van der Waals surface area contributed by atoms with E-state index in [1.54, 1.807) is 18.2 Å². The molecule has 1 aromatic carbocycles. The van der Waals surface area contributed by atoms with Gasteiger partial charge >= 0.3 is 5.97 Å². The highest BCUT2D eigenvalue weighted by molar-refractivity contribution is 6.13. The summed E-state index contributed by atoms with van der Waals surface area (Å²) in [5.41, 5.74) is 1.18. The summed E-state index contributed by atoms with van der Waals surface area (Å²) >= 11 is 4.92. The van der Waals surface area contributed by atoms with Crippen LogP contribution in [0.15, 0.2) is 24.3 Å². The van der Waals surface area contributed by atoms with Crippen LogP contribution >= 0.6 is 11.9 Å². The van der Waals surface area contributed by atoms with Crippen molar-refractivity contribution in [3.63, 3.8) is 0 Å². The monoisotopic (exact) mass is 392 g/mol. The Morgan fingerprint density at radius 1 is 1.19 bits per heavy atom. The van der Waals surface area contributed by atoms with E-state index in [-0.39, 0.29) is 24.8 Å². The van der Waals surface area contributed by atoms with E-state index >= 15 is 0 Å². The Balaban J connectivity index is 2.48. The van der Waals surface area contributed by atoms with Gasteiger partial charge in [0.15, 0.2) is 0 Å². The minimum absolute atomic E-state index is 0.000940. The molecular weight excluding hydrogens is 368 g/mol. The lowest BCUT2D eigenvalue weighted by Crippen LogP contribution is -2.30. The van der Waals surface area contributed by atoms with E-state index < -0.39 is 5.97 Å². The Hall–Kier alpha value is -2.52. The van der Waals surface area contributed by atoms with Crippen LogP contribution < -0.4 is 5.32 Å². The van der Waals surface area contributed by atoms with Gasteiger partial charge in [-0.25, -0.2) is 0 Å². The van der Waals surface area contributed by atoms with E-state index in [0.29, 0.717) is 24.8 Å². The third-order valence-electron chi connectivity index (χ3n) is 3.87. The van der Waals surface area contributed by atoms with Crippen molar-refractivity contribution in [2.75, 3.05) is 19.6 Å². The maximum atomic E-state index is 12.1. The highest BCUT2D eigenvalue weighted by Gasteiger charge is 2.08. The van der Waals surface area contributed by atoms with E-state index in [1.165, 1.54) is 0 Å². The number of nitrogens with one attached hydrogen (secondary N) is 1. The van der Waals surface area contributed by atoms with Gasteiger partial charge in [0.1, 0.15) is 11.9 Å². The Kier molecular flexibility index (Phi) is 10.7. The van der Waals surface area contributed by atoms with Crippen LogP contribution in [0.5, 0.6) is 0 Å². The molecule has 0 aromatic heterocycles. The molecule has 0 aliphatic heterocycles. The fraction of sp³-hybridized carbons (Fsp3) is 0.450. The molecule has 0 aliphatic rings. The van der Waals surface area contributed by atoms with Crippen molar-refractivity contribution in [1.29, 1.82) is 0 Å². The maximum absolute atomic E-state index is 12.1. The van der Waals surface area contributed by atoms with Gasteiger partial charge in [-0.2, -0.15) is 0 Å². The minimum Gasteiger partial charge on any atom is -0.351 e. The third kappa shape index (κ3) is 8.61. The summed E-state index contributed by atoms with van der Waals surface area (Å²) in [4.78, 5) is 36.7. The molecule has 0 aliphatic carbocycles. The molecule has 0 fully saturated rings. The van der Waals surface area contributed by atoms with Gasteiger partial charge in [-0.3, -0.25) is 14.4 Å². The van der Waals surface area contributed by atoms with Crippen LogP contribution in [-0.2, 0) is 13.9 Å². The van der Waals surface area contributed by atoms with Crippen LogP contribution in [0.2, 0.25) is 0 Å². The zero-order valence-electron chi connectivity index (χ0n) is 15.7. The highest BCUT2D eigenvalue weighted by atomic mass is 35.5. The predicted octanol–water partition coefficient (Wildman–Crippen LogP) is 2.89. The molecule has 2 amide bonds. The molecule has 1 aromatic rings. The van der Waals surface area contributed by atoms with Gasteiger partial charge in [0.25, 0.3) is 5.91 Å². The standard InChI is InChI=1S/C20H25ClN2O4/c1-3-23(4-2)18(24)12-7-5-6-9-16-10-8-11-17(15-16)20(26)22-14-13-19(25)27-21/h8,10-11,15H,3-5,7,12-14H2,1-2H3,(H,22,26). The second-order valence-electron chi connectivity index (χ2n) is 5.76. The number of halogens is 1. The fourth-order valence-corrected chi connectivity index (χ4v) is 2.46. The summed E-state index contributed by atoms with van der Waals surface area (Å²) in [6, 6.07) is 6.91. The number of rotatable bonds is 9. The van der Waals surface area contributed by atoms with Crippen molar-refractivity contribution in [2.45, 2.75) is 39.5 Å². The number of hydrogen-bond donors (Lipinski definition) is 1. The molecule has 0 unspecified atom stereocenters. The molecule has 6 nitrogen and oxygen atoms in total. The Bertz CT molecular complexity index is 705. The van der Waals surface area contributed by atoms with Crippen LogP contribution in [0.1, 0.15) is 55.5 Å². The molecule has 1 rings (SSSR count). The summed E-state index contributed by atoms with van der Waals surface area (Å²) in [7, 11) is 0. The molecule has 0 spiro atoms. The second-order valence-corrected chi connectivity index (χ2v) is 5.91. The maximum Gasteiger partial charge on any atom is 0.326 e. The average Bonchev–Trinajstić information content (AvgIpc) is 2.68. The molecule has 0 atom stereocenters. The molecule has 27 heavy (non-hydrogen) atoms. The van der Waals surface area contributed by atoms with Crippen LogP contribution in [0, 0.1) is 11.8 Å². The Morgan fingerprint density at radius 3 is 2.59 bits per heavy atom. The number of unbranched alkanes of at least 4 members (excludes halogenated alkanes) is 1. The molecule has 0 bridgehead atoms. The summed E-state index contributed by atoms with van der Waals surface area (Å²) in [5.74, 6) is 5.29. The van der Waals surface area contributed by atoms with E-state index in [0.717, 1.165) is 18.7 Å². The lowest BCUT2D eigenvalue weighted by Gasteiger charge is -2.17. The number of hydrogen-bond acceptors (Lipinski definition) is 4. The fourth-order valence-electron chi connectivity index (χ4n) is 2.38. The molecule has 1 N–H and O–H groups in total. The topological polar surface area (TPSA) is 75.7 Å². The first kappa shape index (κ1) is 22.5. The van der Waals surface area contributed by atoms with E-state index in [1.807, 2.05) is 24.8 Å². The predicted molar refractivity (Wildman–Crippen MR) is 104 cm³/mol. The van der Waals surface area contributed by atoms with Crippen LogP contribution in [0.3, 0.4) is 0 Å². The third-order valence-corrected chi connectivity index (χ3v) is 4.04. The largest absolute Gasteiger partial charge is 0.351 e. The molecule has 0 saturated carbocycles. The van der Waals surface area contributed by atoms with Gasteiger partial charge in [-0.1, -0.05) is 17.9 Å². The van der Waals surface area contributed by atoms with Crippen LogP contribution in [0.25, 0.3) is 0 Å². The van der Waals surface area contributed by atoms with E-state index in [2.05, 4.69) is 21.4 Å². The van der Waals surface area contributed by atoms with Crippen molar-refractivity contribution >= 4 is 29.6 Å². The van der Waals surface area contributed by atoms with Crippen molar-refractivity contribution in [1.82, 2.24) is 10.2 Å². The summed E-state index contributed by atoms with van der Waals surface area (Å²) in [5, 5.41) is 2.61. The number of carbonyl (C=O) groups excluding carboxylic acids is 3. The van der Waals surface area contributed by atoms with Crippen LogP contribution in [0.4, 0.5) is 0 Å². The van der Waals surface area contributed by atoms with Gasteiger partial charge in [0.2, 0.25) is 5.91 Å². The number of amides is 2. The SMILES string of the molecule is CCN(CC)C(=O)CCCC#Cc1cccc(C(=O)NCCC(=O)OCl)c1. The van der Waals surface area contributed by atoms with Crippen molar-refractivity contribution in [3.8, 4) is 11.8 Å². The van der Waals surface area contributed by atoms with Crippen molar-refractivity contribution in [2.24, 2.45) is 0 Å². The summed E-state index contributed by atoms with van der Waals surface area (Å²) in [6.07, 6.45) is 1.81. The van der Waals surface area contributed by atoms with Gasteiger partial charge in [0.05, 0.1) is 6.42 Å². The average molecular weight is 393 g/mol. The van der Waals surface area contributed by atoms with E-state index in [4.69, 9.17) is 11.9 Å². The van der Waals surface area contributed by atoms with Gasteiger partial charge in [-0.15, -0.1) is 0 Å². The first-order valence-electron chi connectivity index (χ1n) is 8.98. The molecule has 0 saturated heterocycles. The normalized spacial score (nSPS) is 9.74. The van der Waals surface area contributed by atoms with Gasteiger partial charge in [0, 0.05) is 43.6 Å². The highest BCUT2D eigenvalue weighted by Crippen LogP contribution is 2.05. The number of carbonyl (C=O) groups is 3. The van der Waals surface area contributed by atoms with Crippen molar-refractivity contribution < 1.29 is 18.7 Å². The molecule has 0 heterocycles. The van der Waals surface area contributed by atoms with Crippen LogP contribution in [-0.4, -0.2) is 42.3 Å². The first-order chi connectivity index (χ1) is 13.0. The lowest BCUT2D eigenvalue weighted by atomic mass is 10.1. The molecule has 146 valence electrons. The van der Waals surface area contributed by atoms with E-state index in [9.17, 15) is 14.4 Å². The smallest absolute Gasteiger partial charge is 0.326 e. The van der Waals surface area contributed by atoms with Gasteiger partial charge in [-0.05, 0) is 38.5 Å². The second kappa shape index (κ2) is 12.8. The number of benzene rings is 1. The van der Waals surface area contributed by atoms with Crippen molar-refractivity contribution in [3.05, 3.63) is 35.4 Å². The lowest BCUT2D eigenvalue weighted by molar-refractivity contribution is -0.134. The Labute approximate surface area is 165 Å². The zero-order chi connectivity index (χ0) is 20.1. The summed E-state index contributed by atoms with van der Waals surface area (Å²) in [6.45, 7) is 5.52. The molecule has 0 radical (unpaired) electrons. The minimum atomic E-state index is -0.601. The zero-order valence-corrected chi connectivity index (χ0v) is 16.5. The first-order valence-corrected chi connectivity index (χ1v) is 9.29. The number of nitrogens with zero attached hydrogens (tertiary/aromatic N) is 1. The molecule has 7 heteroatoms. The summed E-state index contributed by atoms with van der Waals surface area (Å²) < 4.78 is 4.00. The Morgan fingerprint density at radius 2 is 1.93 bits per heavy atom. The van der Waals surface area contributed by atoms with Gasteiger partial charge < -0.3 is 14.5 Å². The molecular formula is C20H25ClN2O4.